The lowest BCUT2D eigenvalue weighted by molar-refractivity contribution is -0.0962. The summed E-state index contributed by atoms with van der Waals surface area (Å²) in [6.45, 7) is 41.2. The van der Waals surface area contributed by atoms with Crippen molar-refractivity contribution in [2.75, 3.05) is 165 Å². The minimum atomic E-state index is -5.42. The first-order valence-corrected chi connectivity index (χ1v) is 75.7. The van der Waals surface area contributed by atoms with Gasteiger partial charge in [-0.1, -0.05) is 0 Å². The highest BCUT2D eigenvalue weighted by Crippen LogP contribution is 2.50. The third-order valence-electron chi connectivity index (χ3n) is 17.3. The smallest absolute Gasteiger partial charge is 0.441 e. The maximum atomic E-state index is 8.33. The lowest BCUT2D eigenvalue weighted by Gasteiger charge is -2.58. The van der Waals surface area contributed by atoms with Crippen molar-refractivity contribution in [3.05, 3.63) is 0 Å². The first-order chi connectivity index (χ1) is 46.1. The fourth-order valence-electron chi connectivity index (χ4n) is 12.1. The maximum Gasteiger partial charge on any atom is 0.651 e. The Kier molecular flexibility index (Phi) is 38.0. The fourth-order valence-corrected chi connectivity index (χ4v) is 82.9. The molecule has 4 atom stereocenters. The second kappa shape index (κ2) is 40.0. The SMILES string of the molecule is CN(C)CCC[Si](C)(C)O[SiH2]O[Si]1(O[Si](C)(C)CCCN(C)C)O[Si]2(O[Si](C)(C)CCCN(C)C)O[Si]3(O[Si](C)(C)CCCN(C)C)O[SiH2]O[Si]4(O[Si](C)(C)CCCN(C)C)O[Si](O[Si](C)(C)CCCN(C)C)(O1)O[Si](O[Si](C)(C)CCCN(C)C)(O2)O[Si](O[Si](C)(C)CCCN(C)C)(O3)O4. The molecule has 101 heavy (non-hydrogen) atoms. The van der Waals surface area contributed by atoms with Gasteiger partial charge in [-0.2, -0.15) is 0 Å². The topological polar surface area (TPSA) is 211 Å². The van der Waals surface area contributed by atoms with Crippen LogP contribution in [-0.4, -0.2) is 354 Å². The van der Waals surface area contributed by atoms with E-state index >= 15 is 0 Å². The second-order valence-electron chi connectivity index (χ2n) is 35.3. The van der Waals surface area contributed by atoms with Crippen LogP contribution in [0.5, 0.6) is 0 Å². The molecule has 4 aliphatic heterocycles. The van der Waals surface area contributed by atoms with Gasteiger partial charge < -0.3 is 122 Å². The van der Waals surface area contributed by atoms with E-state index in [1.807, 2.05) is 0 Å². The lowest BCUT2D eigenvalue weighted by Crippen LogP contribution is -2.88. The molecule has 45 heteroatoms. The van der Waals surface area contributed by atoms with Gasteiger partial charge in [-0.15, -0.1) is 0 Å². The minimum Gasteiger partial charge on any atom is -0.441 e. The summed E-state index contributed by atoms with van der Waals surface area (Å²) < 4.78 is 161. The van der Waals surface area contributed by atoms with E-state index in [1.54, 1.807) is 0 Å². The normalized spacial score (nSPS) is 27.4. The summed E-state index contributed by atoms with van der Waals surface area (Å²) in [4.78, 5) is 17.5. The summed E-state index contributed by atoms with van der Waals surface area (Å²) in [5.41, 5.74) is 0. The minimum absolute atomic E-state index is 0.636. The highest BCUT2D eigenvalue weighted by molar-refractivity contribution is 7.01. The van der Waals surface area contributed by atoms with Gasteiger partial charge >= 0.3 is 63.3 Å². The van der Waals surface area contributed by atoms with Crippen molar-refractivity contribution in [3.8, 4) is 0 Å². The molecule has 0 aromatic rings. The second-order valence-corrected chi connectivity index (χ2v) is 92.6. The van der Waals surface area contributed by atoms with Gasteiger partial charge in [0, 0.05) is 0 Å². The molecule has 28 nitrogen and oxygen atoms in total. The highest BCUT2D eigenvalue weighted by atomic mass is 28.7. The largest absolute Gasteiger partial charge is 0.651 e. The number of nitrogens with zero attached hydrogens (tertiary/aromatic N) is 8. The standard InChI is InChI=1S/C56H148N8O20Si17/c1-57(2)41-33-49-87(17,18)65-85-66-95(69-88(19,20)50-34-42-58(3)4)76-98(72-91(25,26)53-37-45-61(9)10)78-96(70-89(21,22)51-35-43-59(5)6)67-86-68-97(71-90(23,24)52-36-44-60(7)8)79-99(77-95,73-92(27,28)54-38-46-62(11)12)83-101(82-98,75-94(31,32)56-40-48-64(15)16)84-100(80-96,81-97)74-93(29,30)55-39-47-63(13)14/h33-56,85-86H2,1-32H3. The van der Waals surface area contributed by atoms with E-state index in [2.05, 4.69) is 257 Å². The molecular formula is C56H148N8O20Si17. The number of rotatable bonds is 50. The van der Waals surface area contributed by atoms with Crippen LogP contribution < -0.4 is 0 Å². The highest BCUT2D eigenvalue weighted by Gasteiger charge is 2.87. The molecule has 600 valence electrons. The Labute approximate surface area is 636 Å². The van der Waals surface area contributed by atoms with E-state index < -0.39 is 150 Å². The summed E-state index contributed by atoms with van der Waals surface area (Å²) in [5.74, 6) is 0. The zero-order valence-corrected chi connectivity index (χ0v) is 87.5. The first kappa shape index (κ1) is 95.9. The Balaban J connectivity index is 2.51. The van der Waals surface area contributed by atoms with Crippen molar-refractivity contribution in [1.29, 1.82) is 0 Å². The number of hydrogen-bond donors (Lipinski definition) is 0. The van der Waals surface area contributed by atoms with Crippen LogP contribution in [0.3, 0.4) is 0 Å². The van der Waals surface area contributed by atoms with Crippen LogP contribution in [-0.2, 0) is 82.3 Å². The predicted octanol–water partition coefficient (Wildman–Crippen LogP) is 7.67. The van der Waals surface area contributed by atoms with E-state index in [-0.39, 0.29) is 0 Å². The molecule has 0 aromatic carbocycles. The number of hydrogen-bond acceptors (Lipinski definition) is 28. The van der Waals surface area contributed by atoms with Gasteiger partial charge in [0.25, 0.3) is 20.0 Å². The van der Waals surface area contributed by atoms with Crippen LogP contribution in [0.2, 0.25) is 153 Å². The third-order valence-corrected chi connectivity index (χ3v) is 79.5. The van der Waals surface area contributed by atoms with Crippen molar-refractivity contribution < 1.29 is 82.3 Å². The Morgan fingerprint density at radius 3 is 0.644 bits per heavy atom. The molecule has 0 radical (unpaired) electrons. The van der Waals surface area contributed by atoms with Crippen molar-refractivity contribution in [2.45, 2.75) is 204 Å². The van der Waals surface area contributed by atoms with E-state index in [0.29, 0.717) is 42.3 Å². The van der Waals surface area contributed by atoms with Gasteiger partial charge in [-0.3, -0.25) is 0 Å². The van der Waals surface area contributed by atoms with Gasteiger partial charge in [-0.05, 0) is 370 Å². The van der Waals surface area contributed by atoms with E-state index in [4.69, 9.17) is 82.3 Å². The molecular weight excluding hydrogens is 1580 g/mol. The average Bonchev–Trinajstić information content (AvgIpc) is 0.695. The van der Waals surface area contributed by atoms with E-state index in [9.17, 15) is 0 Å². The maximum absolute atomic E-state index is 8.33. The molecule has 0 spiro atoms. The van der Waals surface area contributed by atoms with Gasteiger partial charge in [0.15, 0.2) is 66.5 Å². The van der Waals surface area contributed by atoms with Gasteiger partial charge in [0.2, 0.25) is 0 Å². The van der Waals surface area contributed by atoms with Crippen LogP contribution in [0.15, 0.2) is 0 Å². The fraction of sp³-hybridized carbons (Fsp3) is 1.00. The molecule has 0 amide bonds. The Morgan fingerprint density at radius 1 is 0.248 bits per heavy atom. The first-order valence-electron chi connectivity index (χ1n) is 37.0. The van der Waals surface area contributed by atoms with Crippen LogP contribution in [0.4, 0.5) is 0 Å². The summed E-state index contributed by atoms with van der Waals surface area (Å²) >= 11 is 0. The van der Waals surface area contributed by atoms with Crippen LogP contribution in [0.1, 0.15) is 51.4 Å². The van der Waals surface area contributed by atoms with Crippen LogP contribution >= 0.6 is 0 Å². The molecule has 0 aliphatic carbocycles. The van der Waals surface area contributed by atoms with Gasteiger partial charge in [0.05, 0.1) is 0 Å². The van der Waals surface area contributed by atoms with Gasteiger partial charge in [0.1, 0.15) is 0 Å². The Bertz CT molecular complexity index is 2360. The zero-order chi connectivity index (χ0) is 76.6. The quantitative estimate of drug-likeness (QED) is 0.0535. The summed E-state index contributed by atoms with van der Waals surface area (Å²) in [5, 5.41) is 0. The van der Waals surface area contributed by atoms with Gasteiger partial charge in [-0.25, -0.2) is 0 Å². The summed E-state index contributed by atoms with van der Waals surface area (Å²) in [7, 11) is -32.9. The predicted molar refractivity (Wildman–Crippen MR) is 443 cm³/mol. The zero-order valence-electron chi connectivity index (χ0n) is 69.6. The van der Waals surface area contributed by atoms with Crippen molar-refractivity contribution in [3.63, 3.8) is 0 Å². The average molecular weight is 1730 g/mol. The summed E-state index contributed by atoms with van der Waals surface area (Å²) in [6.07, 6.45) is 6.45. The molecule has 4 fully saturated rings. The lowest BCUT2D eigenvalue weighted by atomic mass is 10.5. The molecule has 0 N–H and O–H groups in total. The summed E-state index contributed by atoms with van der Waals surface area (Å²) in [6, 6.07) is 5.46. The van der Waals surface area contributed by atoms with Crippen LogP contribution in [0.25, 0.3) is 0 Å². The molecule has 6 bridgehead atoms. The molecule has 4 saturated heterocycles. The Morgan fingerprint density at radius 2 is 0.426 bits per heavy atom. The molecule has 0 aromatic heterocycles. The molecule has 4 rings (SSSR count). The molecule has 0 saturated carbocycles. The Hall–Kier alpha value is 2.57. The third kappa shape index (κ3) is 35.7. The molecule has 4 aliphatic rings. The number of fused-ring (bicyclic) bond motifs is 4. The van der Waals surface area contributed by atoms with Crippen molar-refractivity contribution >= 4 is 150 Å². The van der Waals surface area contributed by atoms with Crippen molar-refractivity contribution in [1.82, 2.24) is 39.2 Å². The van der Waals surface area contributed by atoms with E-state index in [1.165, 1.54) is 0 Å². The molecule has 4 heterocycles. The van der Waals surface area contributed by atoms with Crippen LogP contribution in [0, 0.1) is 0 Å². The van der Waals surface area contributed by atoms with Crippen molar-refractivity contribution in [2.24, 2.45) is 0 Å². The monoisotopic (exact) mass is 1730 g/mol. The van der Waals surface area contributed by atoms with E-state index in [0.717, 1.165) is 110 Å². The molecule has 4 unspecified atom stereocenters.